The highest BCUT2D eigenvalue weighted by atomic mass is 16.5. The lowest BCUT2D eigenvalue weighted by atomic mass is 10.0. The molecule has 192 valence electrons. The van der Waals surface area contributed by atoms with Crippen molar-refractivity contribution in [1.29, 1.82) is 0 Å². The Morgan fingerprint density at radius 3 is 2.44 bits per heavy atom. The monoisotopic (exact) mass is 496 g/mol. The van der Waals surface area contributed by atoms with Crippen molar-refractivity contribution in [3.8, 4) is 11.5 Å². The highest BCUT2D eigenvalue weighted by Gasteiger charge is 2.23. The highest BCUT2D eigenvalue weighted by molar-refractivity contribution is 5.98. The van der Waals surface area contributed by atoms with Gasteiger partial charge in [0, 0.05) is 31.5 Å². The summed E-state index contributed by atoms with van der Waals surface area (Å²) in [5, 5.41) is 10.9. The van der Waals surface area contributed by atoms with E-state index in [4.69, 9.17) is 9.47 Å². The average Bonchev–Trinajstić information content (AvgIpc) is 2.87. The van der Waals surface area contributed by atoms with Crippen molar-refractivity contribution in [1.82, 2.24) is 21.3 Å². The molecular formula is C26H32N4O6. The molecule has 0 saturated carbocycles. The van der Waals surface area contributed by atoms with Crippen LogP contribution < -0.4 is 30.7 Å². The van der Waals surface area contributed by atoms with Gasteiger partial charge >= 0.3 is 0 Å². The Bertz CT molecular complexity index is 1080. The molecule has 0 fully saturated rings. The second-order valence-electron chi connectivity index (χ2n) is 8.40. The van der Waals surface area contributed by atoms with Gasteiger partial charge in [0.2, 0.25) is 17.7 Å². The normalized spacial score (nSPS) is 20.3. The van der Waals surface area contributed by atoms with Crippen LogP contribution >= 0.6 is 0 Å². The summed E-state index contributed by atoms with van der Waals surface area (Å²) in [5.74, 6) is -0.729. The van der Waals surface area contributed by atoms with E-state index in [1.165, 1.54) is 7.11 Å². The number of carbonyl (C=O) groups is 4. The summed E-state index contributed by atoms with van der Waals surface area (Å²) in [5.41, 5.74) is 1.17. The molecule has 4 N–H and O–H groups in total. The first kappa shape index (κ1) is 26.5. The van der Waals surface area contributed by atoms with Crippen molar-refractivity contribution in [3.05, 3.63) is 59.7 Å². The smallest absolute Gasteiger partial charge is 0.252 e. The number of rotatable bonds is 3. The summed E-state index contributed by atoms with van der Waals surface area (Å²) in [6.07, 6.45) is 0.760. The van der Waals surface area contributed by atoms with Crippen LogP contribution in [0.5, 0.6) is 11.5 Å². The molecule has 2 aromatic rings. The maximum Gasteiger partial charge on any atom is 0.252 e. The van der Waals surface area contributed by atoms with E-state index in [9.17, 15) is 19.2 Å². The van der Waals surface area contributed by atoms with Crippen molar-refractivity contribution in [2.45, 2.75) is 38.3 Å². The summed E-state index contributed by atoms with van der Waals surface area (Å²) in [6, 6.07) is 12.5. The van der Waals surface area contributed by atoms with Crippen molar-refractivity contribution < 1.29 is 28.7 Å². The van der Waals surface area contributed by atoms with Gasteiger partial charge in [0.1, 0.15) is 12.1 Å². The molecule has 1 heterocycles. The molecule has 36 heavy (non-hydrogen) atoms. The minimum Gasteiger partial charge on any atom is -0.493 e. The molecule has 10 nitrogen and oxygen atoms in total. The Balaban J connectivity index is 1.83. The molecule has 10 heteroatoms. The summed E-state index contributed by atoms with van der Waals surface area (Å²) in [4.78, 5) is 50.5. The summed E-state index contributed by atoms with van der Waals surface area (Å²) in [7, 11) is 1.50. The average molecular weight is 497 g/mol. The third-order valence-electron chi connectivity index (χ3n) is 5.63. The molecule has 0 spiro atoms. The van der Waals surface area contributed by atoms with Crippen LogP contribution in [0.4, 0.5) is 0 Å². The molecule has 0 saturated heterocycles. The molecule has 0 radical (unpaired) electrons. The fourth-order valence-corrected chi connectivity index (χ4v) is 3.65. The zero-order chi connectivity index (χ0) is 25.9. The number of benzene rings is 2. The quantitative estimate of drug-likeness (QED) is 0.500. The van der Waals surface area contributed by atoms with Crippen LogP contribution in [0.1, 0.15) is 35.7 Å². The molecule has 2 aromatic carbocycles. The number of fused-ring (bicyclic) bond motifs is 2. The number of methoxy groups -OCH3 is 1. The van der Waals surface area contributed by atoms with Gasteiger partial charge < -0.3 is 30.7 Å². The number of amides is 4. The van der Waals surface area contributed by atoms with Crippen LogP contribution in [0.3, 0.4) is 0 Å². The van der Waals surface area contributed by atoms with Crippen LogP contribution in [0, 0.1) is 0 Å². The van der Waals surface area contributed by atoms with E-state index >= 15 is 0 Å². The van der Waals surface area contributed by atoms with Gasteiger partial charge in [-0.05, 0) is 37.1 Å². The molecule has 1 aliphatic rings. The van der Waals surface area contributed by atoms with Gasteiger partial charge in [0.05, 0.1) is 13.7 Å². The minimum absolute atomic E-state index is 0.00889. The van der Waals surface area contributed by atoms with Crippen molar-refractivity contribution >= 4 is 23.6 Å². The SMILES string of the molecule is COc1ccc2cc1OCCCNC(=O)[C@H](C)NC(=O)CCNC(=O)[C@H](Cc1ccccc1)NC2=O. The Morgan fingerprint density at radius 2 is 1.69 bits per heavy atom. The lowest BCUT2D eigenvalue weighted by Crippen LogP contribution is -2.49. The predicted octanol–water partition coefficient (Wildman–Crippen LogP) is 0.946. The Morgan fingerprint density at radius 1 is 0.944 bits per heavy atom. The molecule has 3 rings (SSSR count). The molecule has 4 amide bonds. The van der Waals surface area contributed by atoms with Crippen LogP contribution in [0.25, 0.3) is 0 Å². The first-order chi connectivity index (χ1) is 17.4. The third-order valence-corrected chi connectivity index (χ3v) is 5.63. The third kappa shape index (κ3) is 7.72. The molecular weight excluding hydrogens is 464 g/mol. The van der Waals surface area contributed by atoms with Crippen molar-refractivity contribution in [2.24, 2.45) is 0 Å². The standard InChI is InChI=1S/C26H32N4O6/c1-17-24(32)27-12-6-14-36-22-16-19(9-10-21(22)35-2)25(33)30-20(15-18-7-4-3-5-8-18)26(34)28-13-11-23(31)29-17/h3-5,7-10,16-17,20H,6,11-15H2,1-2H3,(H,27,32)(H,28,34)(H,29,31)(H,30,33)/t17-,20-/m0/s1. The first-order valence-corrected chi connectivity index (χ1v) is 11.9. The maximum absolute atomic E-state index is 13.1. The van der Waals surface area contributed by atoms with Crippen LogP contribution in [0.15, 0.2) is 48.5 Å². The molecule has 2 bridgehead atoms. The van der Waals surface area contributed by atoms with E-state index in [0.717, 1.165) is 5.56 Å². The van der Waals surface area contributed by atoms with Gasteiger partial charge in [0.15, 0.2) is 11.5 Å². The molecule has 1 aliphatic heterocycles. The predicted molar refractivity (Wildman–Crippen MR) is 133 cm³/mol. The number of nitrogens with one attached hydrogen (secondary N) is 4. The Hall–Kier alpha value is -4.08. The zero-order valence-corrected chi connectivity index (χ0v) is 20.5. The van der Waals surface area contributed by atoms with E-state index in [0.29, 0.717) is 30.0 Å². The van der Waals surface area contributed by atoms with Crippen LogP contribution in [-0.2, 0) is 20.8 Å². The molecule has 0 aromatic heterocycles. The molecule has 0 aliphatic carbocycles. The van der Waals surface area contributed by atoms with E-state index in [1.807, 2.05) is 30.3 Å². The topological polar surface area (TPSA) is 135 Å². The number of hydrogen-bond donors (Lipinski definition) is 4. The second kappa shape index (κ2) is 13.1. The number of carbonyl (C=O) groups excluding carboxylic acids is 4. The fourth-order valence-electron chi connectivity index (χ4n) is 3.65. The maximum atomic E-state index is 13.1. The zero-order valence-electron chi connectivity index (χ0n) is 20.5. The first-order valence-electron chi connectivity index (χ1n) is 11.9. The number of hydrogen-bond acceptors (Lipinski definition) is 6. The Labute approximate surface area is 210 Å². The molecule has 2 atom stereocenters. The minimum atomic E-state index is -0.874. The van der Waals surface area contributed by atoms with E-state index in [2.05, 4.69) is 21.3 Å². The van der Waals surface area contributed by atoms with E-state index < -0.39 is 23.9 Å². The van der Waals surface area contributed by atoms with Gasteiger partial charge in [-0.25, -0.2) is 0 Å². The van der Waals surface area contributed by atoms with Crippen LogP contribution in [0.2, 0.25) is 0 Å². The second-order valence-corrected chi connectivity index (χ2v) is 8.40. The summed E-state index contributed by atoms with van der Waals surface area (Å²) >= 11 is 0. The fraction of sp³-hybridized carbons (Fsp3) is 0.385. The summed E-state index contributed by atoms with van der Waals surface area (Å²) < 4.78 is 11.1. The highest BCUT2D eigenvalue weighted by Crippen LogP contribution is 2.28. The lowest BCUT2D eigenvalue weighted by Gasteiger charge is -2.19. The van der Waals surface area contributed by atoms with E-state index in [1.54, 1.807) is 25.1 Å². The van der Waals surface area contributed by atoms with Gasteiger partial charge in [-0.15, -0.1) is 0 Å². The van der Waals surface area contributed by atoms with Crippen molar-refractivity contribution in [2.75, 3.05) is 26.8 Å². The van der Waals surface area contributed by atoms with Crippen LogP contribution in [-0.4, -0.2) is 62.5 Å². The van der Waals surface area contributed by atoms with E-state index in [-0.39, 0.29) is 37.8 Å². The lowest BCUT2D eigenvalue weighted by molar-refractivity contribution is -0.128. The number of ether oxygens (including phenoxy) is 2. The van der Waals surface area contributed by atoms with Gasteiger partial charge in [0.25, 0.3) is 5.91 Å². The van der Waals surface area contributed by atoms with Gasteiger partial charge in [-0.2, -0.15) is 0 Å². The van der Waals surface area contributed by atoms with Gasteiger partial charge in [-0.1, -0.05) is 30.3 Å². The largest absolute Gasteiger partial charge is 0.493 e. The van der Waals surface area contributed by atoms with Gasteiger partial charge in [-0.3, -0.25) is 19.2 Å². The molecule has 0 unspecified atom stereocenters. The summed E-state index contributed by atoms with van der Waals surface area (Å²) in [6.45, 7) is 2.26. The van der Waals surface area contributed by atoms with Crippen molar-refractivity contribution in [3.63, 3.8) is 0 Å². The Kier molecular flexibility index (Phi) is 9.67.